The average Bonchev–Trinajstić information content (AvgIpc) is 2.81. The van der Waals surface area contributed by atoms with Crippen molar-refractivity contribution in [3.8, 4) is 0 Å². The van der Waals surface area contributed by atoms with Crippen molar-refractivity contribution in [3.05, 3.63) is 53.9 Å². The second-order valence-electron chi connectivity index (χ2n) is 4.18. The number of esters is 1. The highest BCUT2D eigenvalue weighted by atomic mass is 16.5. The standard InChI is InChI=1S/C14H16N2O2/c1-12-9-15-16(10-12)8-7-14(17)18-11-13-5-3-2-4-6-13/h2-6,9-10H,7-8,11H2,1H3. The molecule has 0 aliphatic carbocycles. The lowest BCUT2D eigenvalue weighted by Gasteiger charge is -2.05. The molecule has 0 aliphatic rings. The lowest BCUT2D eigenvalue weighted by Crippen LogP contribution is -2.09. The van der Waals surface area contributed by atoms with Gasteiger partial charge in [0.15, 0.2) is 0 Å². The summed E-state index contributed by atoms with van der Waals surface area (Å²) in [7, 11) is 0. The van der Waals surface area contributed by atoms with Crippen LogP contribution in [-0.2, 0) is 22.7 Å². The van der Waals surface area contributed by atoms with Crippen LogP contribution in [0, 0.1) is 6.92 Å². The Labute approximate surface area is 106 Å². The predicted molar refractivity (Wildman–Crippen MR) is 67.8 cm³/mol. The van der Waals surface area contributed by atoms with Crippen molar-refractivity contribution in [2.75, 3.05) is 0 Å². The molecule has 4 nitrogen and oxygen atoms in total. The molecule has 0 unspecified atom stereocenters. The van der Waals surface area contributed by atoms with Crippen molar-refractivity contribution in [1.29, 1.82) is 0 Å². The van der Waals surface area contributed by atoms with Crippen LogP contribution in [-0.4, -0.2) is 15.7 Å². The van der Waals surface area contributed by atoms with E-state index >= 15 is 0 Å². The van der Waals surface area contributed by atoms with Gasteiger partial charge in [0, 0.05) is 6.20 Å². The van der Waals surface area contributed by atoms with Gasteiger partial charge in [0.2, 0.25) is 0 Å². The minimum atomic E-state index is -0.202. The number of carbonyl (C=O) groups is 1. The number of hydrogen-bond acceptors (Lipinski definition) is 3. The summed E-state index contributed by atoms with van der Waals surface area (Å²) in [5.74, 6) is -0.202. The largest absolute Gasteiger partial charge is 0.461 e. The molecule has 18 heavy (non-hydrogen) atoms. The van der Waals surface area contributed by atoms with Crippen molar-refractivity contribution in [1.82, 2.24) is 9.78 Å². The first-order valence-electron chi connectivity index (χ1n) is 5.92. The lowest BCUT2D eigenvalue weighted by atomic mass is 10.2. The van der Waals surface area contributed by atoms with Crippen molar-refractivity contribution in [3.63, 3.8) is 0 Å². The van der Waals surface area contributed by atoms with Crippen molar-refractivity contribution in [2.45, 2.75) is 26.5 Å². The van der Waals surface area contributed by atoms with E-state index in [9.17, 15) is 4.79 Å². The number of benzene rings is 1. The van der Waals surface area contributed by atoms with Gasteiger partial charge >= 0.3 is 5.97 Å². The number of hydrogen-bond donors (Lipinski definition) is 0. The molecular weight excluding hydrogens is 228 g/mol. The Kier molecular flexibility index (Phi) is 4.12. The van der Waals surface area contributed by atoms with Gasteiger partial charge < -0.3 is 4.74 Å². The fourth-order valence-electron chi connectivity index (χ4n) is 1.61. The average molecular weight is 244 g/mol. The zero-order valence-corrected chi connectivity index (χ0v) is 10.4. The first kappa shape index (κ1) is 12.4. The molecule has 2 aromatic rings. The van der Waals surface area contributed by atoms with Crippen LogP contribution in [0.5, 0.6) is 0 Å². The van der Waals surface area contributed by atoms with Gasteiger partial charge in [0.05, 0.1) is 19.2 Å². The minimum Gasteiger partial charge on any atom is -0.461 e. The van der Waals surface area contributed by atoms with Gasteiger partial charge in [0.1, 0.15) is 6.61 Å². The molecule has 94 valence electrons. The van der Waals surface area contributed by atoms with Gasteiger partial charge in [-0.3, -0.25) is 9.48 Å². The third-order valence-electron chi connectivity index (χ3n) is 2.55. The quantitative estimate of drug-likeness (QED) is 0.758. The minimum absolute atomic E-state index is 0.202. The SMILES string of the molecule is Cc1cnn(CCC(=O)OCc2ccccc2)c1. The van der Waals surface area contributed by atoms with Gasteiger partial charge in [-0.05, 0) is 18.1 Å². The zero-order chi connectivity index (χ0) is 12.8. The molecule has 0 bridgehead atoms. The summed E-state index contributed by atoms with van der Waals surface area (Å²) < 4.78 is 6.93. The van der Waals surface area contributed by atoms with Gasteiger partial charge in [-0.25, -0.2) is 0 Å². The topological polar surface area (TPSA) is 44.1 Å². The summed E-state index contributed by atoms with van der Waals surface area (Å²) in [6, 6.07) is 9.66. The molecule has 0 radical (unpaired) electrons. The number of ether oxygens (including phenoxy) is 1. The lowest BCUT2D eigenvalue weighted by molar-refractivity contribution is -0.145. The molecule has 2 rings (SSSR count). The predicted octanol–water partition coefficient (Wildman–Crippen LogP) is 2.33. The smallest absolute Gasteiger partial charge is 0.308 e. The zero-order valence-electron chi connectivity index (χ0n) is 10.4. The van der Waals surface area contributed by atoms with Crippen LogP contribution in [0.1, 0.15) is 17.5 Å². The number of nitrogens with zero attached hydrogens (tertiary/aromatic N) is 2. The summed E-state index contributed by atoms with van der Waals surface area (Å²) in [6.07, 6.45) is 4.02. The summed E-state index contributed by atoms with van der Waals surface area (Å²) in [5.41, 5.74) is 2.09. The molecular formula is C14H16N2O2. The van der Waals surface area contributed by atoms with Gasteiger partial charge in [-0.15, -0.1) is 0 Å². The van der Waals surface area contributed by atoms with Crippen LogP contribution in [0.25, 0.3) is 0 Å². The molecule has 0 fully saturated rings. The summed E-state index contributed by atoms with van der Waals surface area (Å²) >= 11 is 0. The van der Waals surface area contributed by atoms with E-state index in [1.807, 2.05) is 43.5 Å². The molecule has 1 heterocycles. The first-order chi connectivity index (χ1) is 8.74. The van der Waals surface area contributed by atoms with E-state index in [0.717, 1.165) is 11.1 Å². The van der Waals surface area contributed by atoms with Crippen LogP contribution in [0.4, 0.5) is 0 Å². The van der Waals surface area contributed by atoms with Crippen molar-refractivity contribution >= 4 is 5.97 Å². The summed E-state index contributed by atoms with van der Waals surface area (Å²) in [4.78, 5) is 11.5. The molecule has 0 N–H and O–H groups in total. The number of aromatic nitrogens is 2. The maximum absolute atomic E-state index is 11.5. The second-order valence-corrected chi connectivity index (χ2v) is 4.18. The van der Waals surface area contributed by atoms with Crippen LogP contribution in [0.2, 0.25) is 0 Å². The molecule has 1 aromatic heterocycles. The molecule has 0 amide bonds. The van der Waals surface area contributed by atoms with Crippen LogP contribution in [0.3, 0.4) is 0 Å². The Morgan fingerprint density at radius 3 is 2.78 bits per heavy atom. The van der Waals surface area contributed by atoms with E-state index in [1.165, 1.54) is 0 Å². The van der Waals surface area contributed by atoms with Crippen LogP contribution in [0.15, 0.2) is 42.7 Å². The fraction of sp³-hybridized carbons (Fsp3) is 0.286. The van der Waals surface area contributed by atoms with E-state index in [4.69, 9.17) is 4.74 Å². The van der Waals surface area contributed by atoms with E-state index in [2.05, 4.69) is 5.10 Å². The Hall–Kier alpha value is -2.10. The van der Waals surface area contributed by atoms with Gasteiger partial charge in [0.25, 0.3) is 0 Å². The number of aryl methyl sites for hydroxylation is 2. The normalized spacial score (nSPS) is 10.3. The van der Waals surface area contributed by atoms with E-state index < -0.39 is 0 Å². The highest BCUT2D eigenvalue weighted by molar-refractivity contribution is 5.69. The molecule has 0 saturated carbocycles. The molecule has 4 heteroatoms. The molecule has 0 spiro atoms. The maximum atomic E-state index is 11.5. The monoisotopic (exact) mass is 244 g/mol. The Bertz CT molecular complexity index is 506. The van der Waals surface area contributed by atoms with E-state index in [1.54, 1.807) is 10.9 Å². The molecule has 0 atom stereocenters. The third-order valence-corrected chi connectivity index (χ3v) is 2.55. The van der Waals surface area contributed by atoms with Crippen molar-refractivity contribution in [2.24, 2.45) is 0 Å². The summed E-state index contributed by atoms with van der Waals surface area (Å²) in [6.45, 7) is 2.86. The van der Waals surface area contributed by atoms with Gasteiger partial charge in [-0.2, -0.15) is 5.10 Å². The van der Waals surface area contributed by atoms with Crippen molar-refractivity contribution < 1.29 is 9.53 Å². The van der Waals surface area contributed by atoms with Crippen LogP contribution >= 0.6 is 0 Å². The number of carbonyl (C=O) groups excluding carboxylic acids is 1. The molecule has 1 aromatic carbocycles. The number of rotatable bonds is 5. The van der Waals surface area contributed by atoms with E-state index in [-0.39, 0.29) is 5.97 Å². The fourth-order valence-corrected chi connectivity index (χ4v) is 1.61. The van der Waals surface area contributed by atoms with E-state index in [0.29, 0.717) is 19.6 Å². The second kappa shape index (κ2) is 6.00. The highest BCUT2D eigenvalue weighted by Gasteiger charge is 2.04. The Morgan fingerprint density at radius 2 is 2.11 bits per heavy atom. The third kappa shape index (κ3) is 3.73. The maximum Gasteiger partial charge on any atom is 0.308 e. The van der Waals surface area contributed by atoms with Crippen LogP contribution < -0.4 is 0 Å². The first-order valence-corrected chi connectivity index (χ1v) is 5.92. The molecule has 0 saturated heterocycles. The van der Waals surface area contributed by atoms with Gasteiger partial charge in [-0.1, -0.05) is 30.3 Å². The summed E-state index contributed by atoms with van der Waals surface area (Å²) in [5, 5.41) is 4.11. The highest BCUT2D eigenvalue weighted by Crippen LogP contribution is 2.02. The molecule has 0 aliphatic heterocycles. The Balaban J connectivity index is 1.73. The Morgan fingerprint density at radius 1 is 1.33 bits per heavy atom.